The second-order valence-electron chi connectivity index (χ2n) is 34.5. The van der Waals surface area contributed by atoms with E-state index in [0.717, 1.165) is 12.8 Å². The van der Waals surface area contributed by atoms with Crippen molar-refractivity contribution in [3.05, 3.63) is 228 Å². The van der Waals surface area contributed by atoms with E-state index in [9.17, 15) is 0 Å². The third kappa shape index (κ3) is 8.00. The SMILES string of the molecule is Cc1cc2c3c(c1)N(c1cc4c(cc1C)C(C)(C)c1ccccc1C4(C)C)c1cc4c(cc1B3c1ccc(CCC3c5ccc(C(C)(C)C)cc5C5(C)CCCCC35C)cc1N2c1cc2c(cc1C)C(C)(C)c1ccccc1C2(C)C)C(C)(C)CCC4(C)C. The summed E-state index contributed by atoms with van der Waals surface area (Å²) in [7, 11) is 0. The molecule has 3 unspecified atom stereocenters. The van der Waals surface area contributed by atoms with E-state index in [4.69, 9.17) is 0 Å². The lowest BCUT2D eigenvalue weighted by Gasteiger charge is -2.49. The first-order valence-corrected chi connectivity index (χ1v) is 34.5. The van der Waals surface area contributed by atoms with E-state index < -0.39 is 0 Å². The molecule has 0 N–H and O–H groups in total. The van der Waals surface area contributed by atoms with Gasteiger partial charge in [-0.15, -0.1) is 0 Å². The first kappa shape index (κ1) is 58.8. The minimum atomic E-state index is -0.212. The summed E-state index contributed by atoms with van der Waals surface area (Å²) in [5, 5.41) is 0. The monoisotopic (exact) mass is 1170 g/mol. The Kier molecular flexibility index (Phi) is 12.4. The minimum absolute atomic E-state index is 0.0132. The van der Waals surface area contributed by atoms with E-state index in [0.29, 0.717) is 5.92 Å². The summed E-state index contributed by atoms with van der Waals surface area (Å²) in [6.07, 6.45) is 9.74. The molecule has 3 atom stereocenters. The third-order valence-electron chi connectivity index (χ3n) is 25.9. The number of hydrogen-bond acceptors (Lipinski definition) is 2. The van der Waals surface area contributed by atoms with Crippen molar-refractivity contribution in [2.45, 2.75) is 239 Å². The third-order valence-corrected chi connectivity index (χ3v) is 25.9. The molecule has 2 nitrogen and oxygen atoms in total. The molecule has 0 bridgehead atoms. The average molecular weight is 1170 g/mol. The van der Waals surface area contributed by atoms with Gasteiger partial charge in [0.25, 0.3) is 6.71 Å². The van der Waals surface area contributed by atoms with Crippen LogP contribution in [0.25, 0.3) is 0 Å². The van der Waals surface area contributed by atoms with Crippen LogP contribution in [-0.2, 0) is 49.7 Å². The molecule has 1 saturated carbocycles. The van der Waals surface area contributed by atoms with Crippen molar-refractivity contribution < 1.29 is 0 Å². The summed E-state index contributed by atoms with van der Waals surface area (Å²) in [5.74, 6) is 0.500. The van der Waals surface area contributed by atoms with Gasteiger partial charge in [0.1, 0.15) is 0 Å². The lowest BCUT2D eigenvalue weighted by molar-refractivity contribution is 0.0763. The fourth-order valence-electron chi connectivity index (χ4n) is 20.0. The molecule has 5 aliphatic carbocycles. The van der Waals surface area contributed by atoms with Crippen molar-refractivity contribution in [2.24, 2.45) is 5.41 Å². The van der Waals surface area contributed by atoms with Crippen LogP contribution >= 0.6 is 0 Å². The molecule has 1 fully saturated rings. The van der Waals surface area contributed by atoms with E-state index in [1.54, 1.807) is 11.1 Å². The van der Waals surface area contributed by atoms with Crippen LogP contribution in [0.3, 0.4) is 0 Å². The number of fused-ring (bicyclic) bond motifs is 12. The molecule has 2 heterocycles. The van der Waals surface area contributed by atoms with Crippen molar-refractivity contribution in [3.8, 4) is 0 Å². The van der Waals surface area contributed by atoms with Crippen molar-refractivity contribution in [2.75, 3.05) is 9.80 Å². The van der Waals surface area contributed by atoms with Crippen molar-refractivity contribution >= 4 is 57.2 Å². The Labute approximate surface area is 536 Å². The van der Waals surface area contributed by atoms with Crippen LogP contribution in [0, 0.1) is 26.2 Å². The van der Waals surface area contributed by atoms with Gasteiger partial charge in [0.2, 0.25) is 0 Å². The first-order chi connectivity index (χ1) is 41.7. The zero-order valence-corrected chi connectivity index (χ0v) is 57.9. The molecule has 0 spiro atoms. The summed E-state index contributed by atoms with van der Waals surface area (Å²) >= 11 is 0. The Bertz CT molecular complexity index is 4360. The molecule has 0 aromatic heterocycles. The zero-order valence-electron chi connectivity index (χ0n) is 57.9. The highest BCUT2D eigenvalue weighted by Gasteiger charge is 2.58. The standard InChI is InChI=1S/C86H99BN2/c1-51-41-75-77-76(42-51)89(72-50-68-66(44-53(72)3)82(13,14)59-28-22-24-30-61(59)84(68,17)18)74-48-64-63(79(7,8)39-40-80(64,9)10)47-70(74)87(77)69-36-32-54(31-35-57-56-34-33-55(78(4,5)6)46-62(56)86(20)38-26-25-37-85(57,86)19)45-73(69)88(75)71-49-67-65(43-52(71)2)81(11,12)58-27-21-23-29-60(58)83(67,15)16/h21-24,27-30,32-34,36,41-50,57H,25-26,31,35,37-40H2,1-20H3. The van der Waals surface area contributed by atoms with Gasteiger partial charge in [-0.3, -0.25) is 0 Å². The predicted octanol–water partition coefficient (Wildman–Crippen LogP) is 20.8. The summed E-state index contributed by atoms with van der Waals surface area (Å²) < 4.78 is 0. The zero-order chi connectivity index (χ0) is 63.0. The maximum Gasteiger partial charge on any atom is 0.252 e. The highest BCUT2D eigenvalue weighted by Crippen LogP contribution is 2.67. The number of nitrogens with zero attached hydrogens (tertiary/aromatic N) is 2. The van der Waals surface area contributed by atoms with Crippen LogP contribution in [0.4, 0.5) is 34.1 Å². The predicted molar refractivity (Wildman–Crippen MR) is 381 cm³/mol. The molecule has 0 amide bonds. The number of anilines is 6. The number of hydrogen-bond donors (Lipinski definition) is 0. The van der Waals surface area contributed by atoms with Gasteiger partial charge in [-0.25, -0.2) is 0 Å². The average Bonchev–Trinajstić information content (AvgIpc) is 1.08. The van der Waals surface area contributed by atoms with Crippen LogP contribution in [0.5, 0.6) is 0 Å². The molecular weight excluding hydrogens is 1070 g/mol. The molecular formula is C86H99BN2. The maximum atomic E-state index is 2.79. The number of benzene rings is 8. The normalized spacial score (nSPS) is 23.6. The van der Waals surface area contributed by atoms with E-state index in [1.807, 2.05) is 0 Å². The molecule has 456 valence electrons. The topological polar surface area (TPSA) is 6.48 Å². The Morgan fingerprint density at radius 1 is 0.416 bits per heavy atom. The van der Waals surface area contributed by atoms with Crippen LogP contribution in [-0.4, -0.2) is 6.71 Å². The van der Waals surface area contributed by atoms with Gasteiger partial charge >= 0.3 is 0 Å². The Morgan fingerprint density at radius 3 is 1.38 bits per heavy atom. The fourth-order valence-corrected chi connectivity index (χ4v) is 20.0. The number of aryl methyl sites for hydroxylation is 4. The quantitative estimate of drug-likeness (QED) is 0.159. The fraction of sp³-hybridized carbons (Fsp3) is 0.442. The van der Waals surface area contributed by atoms with Crippen LogP contribution in [0.2, 0.25) is 0 Å². The van der Waals surface area contributed by atoms with Crippen LogP contribution in [0.15, 0.2) is 133 Å². The molecule has 89 heavy (non-hydrogen) atoms. The molecule has 8 aromatic rings. The summed E-state index contributed by atoms with van der Waals surface area (Å²) in [4.78, 5) is 5.56. The molecule has 15 rings (SSSR count). The maximum absolute atomic E-state index is 2.79. The highest BCUT2D eigenvalue weighted by atomic mass is 15.2. The van der Waals surface area contributed by atoms with E-state index in [1.165, 1.54) is 172 Å². The highest BCUT2D eigenvalue weighted by molar-refractivity contribution is 7.00. The Morgan fingerprint density at radius 2 is 0.876 bits per heavy atom. The second kappa shape index (κ2) is 18.8. The van der Waals surface area contributed by atoms with Crippen molar-refractivity contribution in [1.82, 2.24) is 0 Å². The van der Waals surface area contributed by atoms with Crippen molar-refractivity contribution in [3.63, 3.8) is 0 Å². The Hall–Kier alpha value is -6.58. The van der Waals surface area contributed by atoms with Gasteiger partial charge in [0, 0.05) is 55.8 Å². The van der Waals surface area contributed by atoms with Gasteiger partial charge in [-0.2, -0.15) is 0 Å². The van der Waals surface area contributed by atoms with E-state index in [-0.39, 0.29) is 55.4 Å². The Balaban J connectivity index is 0.979. The van der Waals surface area contributed by atoms with E-state index in [2.05, 4.69) is 282 Å². The summed E-state index contributed by atoms with van der Waals surface area (Å²) in [5.41, 5.74) is 36.6. The van der Waals surface area contributed by atoms with Crippen LogP contribution < -0.4 is 26.2 Å². The largest absolute Gasteiger partial charge is 0.311 e. The minimum Gasteiger partial charge on any atom is -0.311 e. The number of rotatable bonds is 5. The van der Waals surface area contributed by atoms with Gasteiger partial charge in [0.15, 0.2) is 0 Å². The molecule has 0 radical (unpaired) electrons. The van der Waals surface area contributed by atoms with Gasteiger partial charge in [-0.05, 0) is 240 Å². The summed E-state index contributed by atoms with van der Waals surface area (Å²) in [6.45, 7) is 49.5. The molecule has 8 aromatic carbocycles. The lowest BCUT2D eigenvalue weighted by Crippen LogP contribution is -2.62. The van der Waals surface area contributed by atoms with Crippen molar-refractivity contribution in [1.29, 1.82) is 0 Å². The second-order valence-corrected chi connectivity index (χ2v) is 34.5. The molecule has 3 heteroatoms. The van der Waals surface area contributed by atoms with Gasteiger partial charge in [0.05, 0.1) is 0 Å². The molecule has 0 saturated heterocycles. The summed E-state index contributed by atoms with van der Waals surface area (Å²) in [6, 6.07) is 55.3. The van der Waals surface area contributed by atoms with Gasteiger partial charge in [-0.1, -0.05) is 228 Å². The molecule has 7 aliphatic rings. The van der Waals surface area contributed by atoms with Gasteiger partial charge < -0.3 is 9.80 Å². The van der Waals surface area contributed by atoms with Crippen LogP contribution in [0.1, 0.15) is 263 Å². The molecule has 2 aliphatic heterocycles. The lowest BCUT2D eigenvalue weighted by atomic mass is 9.33. The first-order valence-electron chi connectivity index (χ1n) is 34.5. The van der Waals surface area contributed by atoms with E-state index >= 15 is 0 Å². The smallest absolute Gasteiger partial charge is 0.252 e.